The minimum Gasteiger partial charge on any atom is -0.497 e. The number of carbonyl (C=O) groups is 1. The summed E-state index contributed by atoms with van der Waals surface area (Å²) in [6, 6.07) is 15.3. The van der Waals surface area contributed by atoms with Crippen LogP contribution in [-0.4, -0.2) is 39.9 Å². The van der Waals surface area contributed by atoms with E-state index in [2.05, 4.69) is 22.8 Å². The molecular formula is C21H26N2O4. The third-order valence-electron chi connectivity index (χ3n) is 4.86. The minimum atomic E-state index is -0.173. The summed E-state index contributed by atoms with van der Waals surface area (Å²) in [7, 11) is 3.28. The molecule has 0 aliphatic heterocycles. The van der Waals surface area contributed by atoms with Crippen LogP contribution in [0.3, 0.4) is 0 Å². The van der Waals surface area contributed by atoms with E-state index in [0.717, 1.165) is 30.1 Å². The largest absolute Gasteiger partial charge is 0.497 e. The fraction of sp³-hybridized carbons (Fsp3) is 0.381. The van der Waals surface area contributed by atoms with Gasteiger partial charge in [-0.2, -0.15) is 0 Å². The molecule has 0 radical (unpaired) electrons. The van der Waals surface area contributed by atoms with Crippen molar-refractivity contribution in [2.45, 2.75) is 18.3 Å². The lowest BCUT2D eigenvalue weighted by atomic mass is 9.96. The lowest BCUT2D eigenvalue weighted by molar-refractivity contribution is 0.235. The molecule has 3 rings (SSSR count). The van der Waals surface area contributed by atoms with Gasteiger partial charge in [0.05, 0.1) is 20.8 Å². The Hall–Kier alpha value is -2.89. The molecule has 2 aromatic rings. The number of nitrogens with one attached hydrogen (secondary N) is 2. The summed E-state index contributed by atoms with van der Waals surface area (Å²) in [6.07, 6.45) is 2.17. The molecule has 0 spiro atoms. The van der Waals surface area contributed by atoms with Crippen molar-refractivity contribution in [3.05, 3.63) is 54.1 Å². The highest BCUT2D eigenvalue weighted by Gasteiger charge is 2.44. The molecule has 0 heterocycles. The molecule has 27 heavy (non-hydrogen) atoms. The van der Waals surface area contributed by atoms with Crippen LogP contribution < -0.4 is 24.8 Å². The number of rotatable bonds is 9. The van der Waals surface area contributed by atoms with Gasteiger partial charge in [-0.1, -0.05) is 12.1 Å². The first-order valence-electron chi connectivity index (χ1n) is 9.08. The van der Waals surface area contributed by atoms with Crippen LogP contribution in [-0.2, 0) is 5.41 Å². The Labute approximate surface area is 159 Å². The van der Waals surface area contributed by atoms with Crippen molar-refractivity contribution >= 4 is 6.03 Å². The number of carbonyl (C=O) groups excluding carboxylic acids is 1. The monoisotopic (exact) mass is 370 g/mol. The molecule has 6 nitrogen and oxygen atoms in total. The van der Waals surface area contributed by atoms with E-state index in [1.807, 2.05) is 36.4 Å². The van der Waals surface area contributed by atoms with Gasteiger partial charge in [0.15, 0.2) is 0 Å². The fourth-order valence-corrected chi connectivity index (χ4v) is 2.98. The van der Waals surface area contributed by atoms with Crippen molar-refractivity contribution in [3.8, 4) is 17.2 Å². The second-order valence-electron chi connectivity index (χ2n) is 6.64. The molecule has 2 amide bonds. The second kappa shape index (κ2) is 8.66. The van der Waals surface area contributed by atoms with Gasteiger partial charge in [0.1, 0.15) is 23.9 Å². The van der Waals surface area contributed by atoms with Gasteiger partial charge >= 0.3 is 6.03 Å². The van der Waals surface area contributed by atoms with Gasteiger partial charge in [-0.15, -0.1) is 0 Å². The van der Waals surface area contributed by atoms with Crippen molar-refractivity contribution in [1.82, 2.24) is 10.6 Å². The van der Waals surface area contributed by atoms with E-state index in [-0.39, 0.29) is 11.4 Å². The van der Waals surface area contributed by atoms with Gasteiger partial charge in [0.25, 0.3) is 0 Å². The van der Waals surface area contributed by atoms with Crippen LogP contribution in [0.2, 0.25) is 0 Å². The molecule has 1 aliphatic carbocycles. The molecule has 1 fully saturated rings. The van der Waals surface area contributed by atoms with Crippen LogP contribution >= 0.6 is 0 Å². The molecule has 1 aliphatic rings. The van der Waals surface area contributed by atoms with Crippen molar-refractivity contribution in [1.29, 1.82) is 0 Å². The lowest BCUT2D eigenvalue weighted by Crippen LogP contribution is -2.41. The van der Waals surface area contributed by atoms with E-state index >= 15 is 0 Å². The van der Waals surface area contributed by atoms with E-state index in [1.165, 1.54) is 5.56 Å². The molecule has 2 aromatic carbocycles. The molecular weight excluding hydrogens is 344 g/mol. The number of ether oxygens (including phenoxy) is 3. The standard InChI is InChI=1S/C21H26N2O4/c1-25-17-5-3-16(4-6-17)21(11-12-21)15-23-20(24)22-13-14-27-19-9-7-18(26-2)8-10-19/h3-10H,11-15H2,1-2H3,(H2,22,23,24). The number of benzene rings is 2. The number of hydrogen-bond acceptors (Lipinski definition) is 4. The van der Waals surface area contributed by atoms with Gasteiger partial charge < -0.3 is 24.8 Å². The average molecular weight is 370 g/mol. The number of hydrogen-bond donors (Lipinski definition) is 2. The zero-order valence-corrected chi connectivity index (χ0v) is 15.8. The van der Waals surface area contributed by atoms with Crippen LogP contribution in [0.25, 0.3) is 0 Å². The van der Waals surface area contributed by atoms with Crippen LogP contribution in [0.5, 0.6) is 17.2 Å². The summed E-state index contributed by atoms with van der Waals surface area (Å²) in [5.74, 6) is 2.37. The SMILES string of the molecule is COc1ccc(OCCNC(=O)NCC2(c3ccc(OC)cc3)CC2)cc1. The van der Waals surface area contributed by atoms with Crippen molar-refractivity contribution in [2.24, 2.45) is 0 Å². The third kappa shape index (κ3) is 5.06. The first kappa shape index (κ1) is 18.9. The number of amides is 2. The van der Waals surface area contributed by atoms with E-state index < -0.39 is 0 Å². The highest BCUT2D eigenvalue weighted by molar-refractivity contribution is 5.74. The Morgan fingerprint density at radius 1 is 0.889 bits per heavy atom. The second-order valence-corrected chi connectivity index (χ2v) is 6.64. The van der Waals surface area contributed by atoms with E-state index in [4.69, 9.17) is 14.2 Å². The predicted octanol–water partition coefficient (Wildman–Crippen LogP) is 3.11. The molecule has 0 bridgehead atoms. The zero-order chi connectivity index (χ0) is 19.1. The van der Waals surface area contributed by atoms with Crippen molar-refractivity contribution in [2.75, 3.05) is 33.9 Å². The van der Waals surface area contributed by atoms with Crippen LogP contribution in [0, 0.1) is 0 Å². The maximum atomic E-state index is 12.0. The summed E-state index contributed by atoms with van der Waals surface area (Å²) >= 11 is 0. The van der Waals surface area contributed by atoms with Crippen molar-refractivity contribution < 1.29 is 19.0 Å². The molecule has 2 N–H and O–H groups in total. The Morgan fingerprint density at radius 2 is 1.44 bits per heavy atom. The Balaban J connectivity index is 1.36. The van der Waals surface area contributed by atoms with Gasteiger partial charge in [-0.25, -0.2) is 4.79 Å². The van der Waals surface area contributed by atoms with E-state index in [0.29, 0.717) is 19.7 Å². The fourth-order valence-electron chi connectivity index (χ4n) is 2.98. The van der Waals surface area contributed by atoms with E-state index in [9.17, 15) is 4.79 Å². The molecule has 1 saturated carbocycles. The third-order valence-corrected chi connectivity index (χ3v) is 4.86. The molecule has 6 heteroatoms. The number of methoxy groups -OCH3 is 2. The molecule has 0 saturated heterocycles. The quantitative estimate of drug-likeness (QED) is 0.666. The summed E-state index contributed by atoms with van der Waals surface area (Å²) in [5.41, 5.74) is 1.30. The smallest absolute Gasteiger partial charge is 0.314 e. The van der Waals surface area contributed by atoms with Gasteiger partial charge in [-0.05, 0) is 54.8 Å². The first-order valence-corrected chi connectivity index (χ1v) is 9.08. The maximum absolute atomic E-state index is 12.0. The van der Waals surface area contributed by atoms with Gasteiger partial charge in [-0.3, -0.25) is 0 Å². The zero-order valence-electron chi connectivity index (χ0n) is 15.8. The van der Waals surface area contributed by atoms with E-state index in [1.54, 1.807) is 14.2 Å². The molecule has 144 valence electrons. The summed E-state index contributed by atoms with van der Waals surface area (Å²) in [4.78, 5) is 12.0. The highest BCUT2D eigenvalue weighted by Crippen LogP contribution is 2.47. The molecule has 0 unspecified atom stereocenters. The Bertz CT molecular complexity index is 740. The Morgan fingerprint density at radius 3 is 2.00 bits per heavy atom. The van der Waals surface area contributed by atoms with Crippen LogP contribution in [0.15, 0.2) is 48.5 Å². The molecule has 0 atom stereocenters. The maximum Gasteiger partial charge on any atom is 0.314 e. The summed E-state index contributed by atoms with van der Waals surface area (Å²) in [5, 5.41) is 5.80. The lowest BCUT2D eigenvalue weighted by Gasteiger charge is -2.17. The predicted molar refractivity (Wildman–Crippen MR) is 104 cm³/mol. The highest BCUT2D eigenvalue weighted by atomic mass is 16.5. The molecule has 0 aromatic heterocycles. The van der Waals surface area contributed by atoms with Crippen molar-refractivity contribution in [3.63, 3.8) is 0 Å². The normalized spacial score (nSPS) is 14.1. The Kier molecular flexibility index (Phi) is 6.06. The summed E-state index contributed by atoms with van der Waals surface area (Å²) < 4.78 is 15.9. The van der Waals surface area contributed by atoms with Crippen LogP contribution in [0.1, 0.15) is 18.4 Å². The van der Waals surface area contributed by atoms with Gasteiger partial charge in [0, 0.05) is 12.0 Å². The van der Waals surface area contributed by atoms with Gasteiger partial charge in [0.2, 0.25) is 0 Å². The summed E-state index contributed by atoms with van der Waals surface area (Å²) in [6.45, 7) is 1.47. The average Bonchev–Trinajstić information content (AvgIpc) is 3.51. The number of urea groups is 1. The minimum absolute atomic E-state index is 0.0587. The topological polar surface area (TPSA) is 68.8 Å². The van der Waals surface area contributed by atoms with Crippen LogP contribution in [0.4, 0.5) is 4.79 Å². The first-order chi connectivity index (χ1) is 13.1.